The molecule has 1 aliphatic rings. The van der Waals surface area contributed by atoms with Crippen molar-refractivity contribution in [2.45, 2.75) is 23.8 Å². The molecule has 0 saturated heterocycles. The van der Waals surface area contributed by atoms with Gasteiger partial charge in [0, 0.05) is 18.2 Å². The number of halogens is 1. The summed E-state index contributed by atoms with van der Waals surface area (Å²) < 4.78 is 57.0. The molecule has 0 unspecified atom stereocenters. The van der Waals surface area contributed by atoms with Crippen molar-refractivity contribution in [3.05, 3.63) is 42.2 Å². The van der Waals surface area contributed by atoms with Crippen molar-refractivity contribution in [3.8, 4) is 11.5 Å². The Balaban J connectivity index is 2.01. The third-order valence-electron chi connectivity index (χ3n) is 4.52. The Bertz CT molecular complexity index is 1030. The predicted molar refractivity (Wildman–Crippen MR) is 104 cm³/mol. The SMILES string of the molecule is COC(=O)CC[C@H]1CN(S(=O)(=O)c2ccc(F)c(OC)c2)c2cc(N)ccc2O1. The highest BCUT2D eigenvalue weighted by atomic mass is 32.2. The van der Waals surface area contributed by atoms with Crippen LogP contribution in [0.3, 0.4) is 0 Å². The number of carbonyl (C=O) groups is 1. The number of sulfonamides is 1. The van der Waals surface area contributed by atoms with Crippen molar-refractivity contribution < 1.29 is 31.8 Å². The van der Waals surface area contributed by atoms with Gasteiger partial charge in [-0.25, -0.2) is 12.8 Å². The van der Waals surface area contributed by atoms with Gasteiger partial charge >= 0.3 is 5.97 Å². The number of hydrogen-bond donors (Lipinski definition) is 1. The molecule has 0 fully saturated rings. The summed E-state index contributed by atoms with van der Waals surface area (Å²) in [6.45, 7) is -0.0462. The Kier molecular flexibility index (Phi) is 5.83. The molecular weight excluding hydrogens is 403 g/mol. The molecule has 0 aliphatic carbocycles. The topological polar surface area (TPSA) is 108 Å². The van der Waals surface area contributed by atoms with E-state index in [-0.39, 0.29) is 35.7 Å². The van der Waals surface area contributed by atoms with E-state index in [1.54, 1.807) is 12.1 Å². The molecule has 0 saturated carbocycles. The fourth-order valence-corrected chi connectivity index (χ4v) is 4.53. The summed E-state index contributed by atoms with van der Waals surface area (Å²) in [5, 5.41) is 0. The zero-order chi connectivity index (χ0) is 21.2. The first-order valence-electron chi connectivity index (χ1n) is 8.75. The molecule has 0 radical (unpaired) electrons. The van der Waals surface area contributed by atoms with Gasteiger partial charge in [-0.2, -0.15) is 0 Å². The van der Waals surface area contributed by atoms with E-state index in [2.05, 4.69) is 4.74 Å². The van der Waals surface area contributed by atoms with Crippen LogP contribution < -0.4 is 19.5 Å². The van der Waals surface area contributed by atoms with E-state index >= 15 is 0 Å². The third-order valence-corrected chi connectivity index (χ3v) is 6.30. The lowest BCUT2D eigenvalue weighted by molar-refractivity contribution is -0.141. The van der Waals surface area contributed by atoms with Crippen LogP contribution >= 0.6 is 0 Å². The van der Waals surface area contributed by atoms with Crippen LogP contribution in [0.4, 0.5) is 15.8 Å². The van der Waals surface area contributed by atoms with Crippen LogP contribution in [0.25, 0.3) is 0 Å². The van der Waals surface area contributed by atoms with Gasteiger partial charge in [0.15, 0.2) is 11.6 Å². The van der Waals surface area contributed by atoms with Crippen LogP contribution in [0.15, 0.2) is 41.3 Å². The average molecular weight is 424 g/mol. The highest BCUT2D eigenvalue weighted by Gasteiger charge is 2.35. The first-order chi connectivity index (χ1) is 13.8. The van der Waals surface area contributed by atoms with Crippen LogP contribution in [0.5, 0.6) is 11.5 Å². The van der Waals surface area contributed by atoms with Gasteiger partial charge in [0.05, 0.1) is 31.3 Å². The van der Waals surface area contributed by atoms with Gasteiger partial charge in [0.25, 0.3) is 10.0 Å². The average Bonchev–Trinajstić information content (AvgIpc) is 2.71. The van der Waals surface area contributed by atoms with E-state index in [0.29, 0.717) is 11.4 Å². The molecule has 1 aliphatic heterocycles. The van der Waals surface area contributed by atoms with Crippen molar-refractivity contribution in [2.75, 3.05) is 30.8 Å². The molecule has 0 spiro atoms. The highest BCUT2D eigenvalue weighted by molar-refractivity contribution is 7.92. The first-order valence-corrected chi connectivity index (χ1v) is 10.2. The van der Waals surface area contributed by atoms with Gasteiger partial charge in [-0.05, 0) is 36.8 Å². The van der Waals surface area contributed by atoms with Crippen molar-refractivity contribution in [3.63, 3.8) is 0 Å². The minimum Gasteiger partial charge on any atom is -0.494 e. The van der Waals surface area contributed by atoms with E-state index in [1.807, 2.05) is 0 Å². The molecule has 2 N–H and O–H groups in total. The van der Waals surface area contributed by atoms with Crippen molar-refractivity contribution in [1.29, 1.82) is 0 Å². The molecule has 1 atom stereocenters. The Morgan fingerprint density at radius 3 is 2.72 bits per heavy atom. The molecule has 0 aromatic heterocycles. The number of carbonyl (C=O) groups excluding carboxylic acids is 1. The lowest BCUT2D eigenvalue weighted by Crippen LogP contribution is -2.43. The van der Waals surface area contributed by atoms with Crippen LogP contribution in [0.1, 0.15) is 12.8 Å². The molecule has 0 amide bonds. The fourth-order valence-electron chi connectivity index (χ4n) is 3.02. The molecule has 156 valence electrons. The summed E-state index contributed by atoms with van der Waals surface area (Å²) in [5.74, 6) is -0.962. The number of ether oxygens (including phenoxy) is 3. The molecule has 0 bridgehead atoms. The minimum atomic E-state index is -4.08. The minimum absolute atomic E-state index is 0.0462. The lowest BCUT2D eigenvalue weighted by Gasteiger charge is -2.35. The summed E-state index contributed by atoms with van der Waals surface area (Å²) in [5.41, 5.74) is 6.46. The number of hydrogen-bond acceptors (Lipinski definition) is 7. The third kappa shape index (κ3) is 4.21. The number of rotatable bonds is 6. The van der Waals surface area contributed by atoms with Gasteiger partial charge in [0.2, 0.25) is 0 Å². The van der Waals surface area contributed by atoms with Gasteiger partial charge in [-0.3, -0.25) is 9.10 Å². The second-order valence-corrected chi connectivity index (χ2v) is 8.28. The van der Waals surface area contributed by atoms with E-state index in [0.717, 1.165) is 22.5 Å². The Morgan fingerprint density at radius 2 is 2.03 bits per heavy atom. The molecule has 29 heavy (non-hydrogen) atoms. The number of fused-ring (bicyclic) bond motifs is 1. The zero-order valence-corrected chi connectivity index (χ0v) is 16.7. The maximum absolute atomic E-state index is 13.8. The van der Waals surface area contributed by atoms with Gasteiger partial charge in [-0.15, -0.1) is 0 Å². The molecule has 1 heterocycles. The predicted octanol–water partition coefficient (Wildman–Crippen LogP) is 2.33. The van der Waals surface area contributed by atoms with Crippen LogP contribution in [0, 0.1) is 5.82 Å². The molecule has 8 nitrogen and oxygen atoms in total. The summed E-state index contributed by atoms with van der Waals surface area (Å²) in [6, 6.07) is 7.97. The zero-order valence-electron chi connectivity index (χ0n) is 15.9. The normalized spacial score (nSPS) is 16.0. The van der Waals surface area contributed by atoms with Gasteiger partial charge in [0.1, 0.15) is 11.9 Å². The number of esters is 1. The first kappa shape index (κ1) is 20.7. The van der Waals surface area contributed by atoms with E-state index in [4.69, 9.17) is 15.2 Å². The fraction of sp³-hybridized carbons (Fsp3) is 0.316. The largest absolute Gasteiger partial charge is 0.494 e. The van der Waals surface area contributed by atoms with Crippen LogP contribution in [0.2, 0.25) is 0 Å². The number of nitrogens with zero attached hydrogens (tertiary/aromatic N) is 1. The monoisotopic (exact) mass is 424 g/mol. The molecule has 2 aromatic carbocycles. The Hall–Kier alpha value is -3.01. The maximum atomic E-state index is 13.8. The second kappa shape index (κ2) is 8.16. The summed E-state index contributed by atoms with van der Waals surface area (Å²) in [6.07, 6.45) is -0.249. The number of nitrogens with two attached hydrogens (primary N) is 1. The standard InChI is InChI=1S/C19H21FN2O6S/c1-26-18-10-14(5-6-15(18)20)29(24,25)22-11-13(4-8-19(23)27-2)28-17-7-3-12(21)9-16(17)22/h3,5-7,9-10,13H,4,8,11,21H2,1-2H3/t13-/m0/s1. The Labute approximate surface area is 168 Å². The highest BCUT2D eigenvalue weighted by Crippen LogP contribution is 2.39. The quantitative estimate of drug-likeness (QED) is 0.560. The van der Waals surface area contributed by atoms with Crippen molar-refractivity contribution in [2.24, 2.45) is 0 Å². The van der Waals surface area contributed by atoms with E-state index in [1.165, 1.54) is 20.3 Å². The van der Waals surface area contributed by atoms with Gasteiger partial charge in [-0.1, -0.05) is 0 Å². The number of methoxy groups -OCH3 is 2. The van der Waals surface area contributed by atoms with Crippen molar-refractivity contribution in [1.82, 2.24) is 0 Å². The molecule has 10 heteroatoms. The lowest BCUT2D eigenvalue weighted by atomic mass is 10.1. The van der Waals surface area contributed by atoms with Crippen LogP contribution in [-0.2, 0) is 19.6 Å². The smallest absolute Gasteiger partial charge is 0.305 e. The molecule has 2 aromatic rings. The number of anilines is 2. The van der Waals surface area contributed by atoms with E-state index in [9.17, 15) is 17.6 Å². The molecular formula is C19H21FN2O6S. The van der Waals surface area contributed by atoms with Crippen LogP contribution in [-0.4, -0.2) is 41.3 Å². The summed E-state index contributed by atoms with van der Waals surface area (Å²) >= 11 is 0. The van der Waals surface area contributed by atoms with Gasteiger partial charge < -0.3 is 19.9 Å². The second-order valence-electron chi connectivity index (χ2n) is 6.41. The maximum Gasteiger partial charge on any atom is 0.305 e. The van der Waals surface area contributed by atoms with Crippen molar-refractivity contribution >= 4 is 27.4 Å². The number of nitrogen functional groups attached to an aromatic ring is 1. The summed E-state index contributed by atoms with van der Waals surface area (Å²) in [4.78, 5) is 11.3. The number of benzene rings is 2. The Morgan fingerprint density at radius 1 is 1.28 bits per heavy atom. The molecule has 3 rings (SSSR count). The van der Waals surface area contributed by atoms with E-state index < -0.39 is 27.9 Å². The summed E-state index contributed by atoms with van der Waals surface area (Å²) in [7, 11) is -1.55.